The number of methoxy groups -OCH3 is 1. The normalized spacial score (nSPS) is 25.1. The molecule has 22 heavy (non-hydrogen) atoms. The summed E-state index contributed by atoms with van der Waals surface area (Å²) in [7, 11) is 3.83. The second-order valence-corrected chi connectivity index (χ2v) is 6.83. The first kappa shape index (κ1) is 15.9. The van der Waals surface area contributed by atoms with Crippen LogP contribution in [0.25, 0.3) is 0 Å². The van der Waals surface area contributed by atoms with Crippen LogP contribution in [0, 0.1) is 5.92 Å². The lowest BCUT2D eigenvalue weighted by Gasteiger charge is -2.26. The number of hydrogen-bond acceptors (Lipinski definition) is 5. The number of rotatable bonds is 3. The van der Waals surface area contributed by atoms with Crippen LogP contribution in [0.3, 0.4) is 0 Å². The lowest BCUT2D eigenvalue weighted by Crippen LogP contribution is -2.21. The van der Waals surface area contributed by atoms with Crippen molar-refractivity contribution in [2.24, 2.45) is 11.7 Å². The first-order valence-electron chi connectivity index (χ1n) is 7.72. The van der Waals surface area contributed by atoms with E-state index in [1.54, 1.807) is 7.11 Å². The molecule has 1 saturated heterocycles. The number of halogens is 1. The van der Waals surface area contributed by atoms with Crippen molar-refractivity contribution in [3.05, 3.63) is 16.1 Å². The number of benzene rings is 1. The van der Waals surface area contributed by atoms with Gasteiger partial charge < -0.3 is 19.9 Å². The molecule has 2 unspecified atom stereocenters. The van der Waals surface area contributed by atoms with E-state index in [0.717, 1.165) is 46.7 Å². The summed E-state index contributed by atoms with van der Waals surface area (Å²) in [4.78, 5) is 2.33. The maximum Gasteiger partial charge on any atom is 0.169 e. The van der Waals surface area contributed by atoms with Gasteiger partial charge >= 0.3 is 0 Å². The highest BCUT2D eigenvalue weighted by Gasteiger charge is 2.36. The molecule has 0 saturated carbocycles. The molecule has 2 aliphatic heterocycles. The molecule has 0 bridgehead atoms. The number of ether oxygens (including phenoxy) is 3. The van der Waals surface area contributed by atoms with E-state index in [0.29, 0.717) is 25.7 Å². The maximum atomic E-state index is 6.02. The Morgan fingerprint density at radius 3 is 2.86 bits per heavy atom. The number of hydrogen-bond donors (Lipinski definition) is 1. The highest BCUT2D eigenvalue weighted by Crippen LogP contribution is 2.50. The number of nitrogens with zero attached hydrogens (tertiary/aromatic N) is 1. The average molecular weight is 371 g/mol. The van der Waals surface area contributed by atoms with Crippen LogP contribution in [0.1, 0.15) is 24.4 Å². The molecule has 0 amide bonds. The van der Waals surface area contributed by atoms with Crippen molar-refractivity contribution in [2.45, 2.75) is 18.9 Å². The molecule has 2 atom stereocenters. The molecule has 2 aliphatic rings. The van der Waals surface area contributed by atoms with E-state index in [4.69, 9.17) is 19.9 Å². The standard InChI is InChI=1S/C16H23BrN2O3/c1-19-9-10(8-18)6-12(19)14-15(20-2)11(17)7-13-16(14)22-5-3-4-21-13/h7,10,12H,3-6,8-9,18H2,1-2H3. The second-order valence-electron chi connectivity index (χ2n) is 5.98. The number of fused-ring (bicyclic) bond motifs is 1. The van der Waals surface area contributed by atoms with Gasteiger partial charge in [-0.05, 0) is 41.9 Å². The van der Waals surface area contributed by atoms with Gasteiger partial charge in [-0.2, -0.15) is 0 Å². The summed E-state index contributed by atoms with van der Waals surface area (Å²) in [5, 5.41) is 0. The summed E-state index contributed by atoms with van der Waals surface area (Å²) >= 11 is 3.61. The molecule has 0 aromatic heterocycles. The van der Waals surface area contributed by atoms with Crippen LogP contribution >= 0.6 is 15.9 Å². The van der Waals surface area contributed by atoms with E-state index in [9.17, 15) is 0 Å². The fourth-order valence-corrected chi connectivity index (χ4v) is 3.99. The molecule has 0 spiro atoms. The van der Waals surface area contributed by atoms with Crippen molar-refractivity contribution in [3.63, 3.8) is 0 Å². The predicted molar refractivity (Wildman–Crippen MR) is 88.8 cm³/mol. The smallest absolute Gasteiger partial charge is 0.169 e. The van der Waals surface area contributed by atoms with Crippen molar-refractivity contribution in [1.82, 2.24) is 4.90 Å². The first-order valence-corrected chi connectivity index (χ1v) is 8.51. The lowest BCUT2D eigenvalue weighted by molar-refractivity contribution is 0.274. The quantitative estimate of drug-likeness (QED) is 0.885. The molecule has 2 N–H and O–H groups in total. The van der Waals surface area contributed by atoms with Gasteiger partial charge in [-0.15, -0.1) is 0 Å². The van der Waals surface area contributed by atoms with Gasteiger partial charge in [0.2, 0.25) is 0 Å². The van der Waals surface area contributed by atoms with Gasteiger partial charge in [0.15, 0.2) is 11.5 Å². The topological polar surface area (TPSA) is 57.0 Å². The fraction of sp³-hybridized carbons (Fsp3) is 0.625. The van der Waals surface area contributed by atoms with Crippen LogP contribution in [0.2, 0.25) is 0 Å². The van der Waals surface area contributed by atoms with Crippen molar-refractivity contribution >= 4 is 15.9 Å². The molecule has 0 radical (unpaired) electrons. The van der Waals surface area contributed by atoms with E-state index in [1.807, 2.05) is 6.07 Å². The molecule has 1 fully saturated rings. The summed E-state index contributed by atoms with van der Waals surface area (Å²) in [5.74, 6) is 2.96. The highest BCUT2D eigenvalue weighted by atomic mass is 79.9. The van der Waals surface area contributed by atoms with Crippen LogP contribution in [0.4, 0.5) is 0 Å². The third-order valence-electron chi connectivity index (χ3n) is 4.49. The number of likely N-dealkylation sites (tertiary alicyclic amines) is 1. The van der Waals surface area contributed by atoms with E-state index in [1.165, 1.54) is 0 Å². The third kappa shape index (κ3) is 2.79. The Balaban J connectivity index is 2.10. The molecule has 1 aromatic carbocycles. The van der Waals surface area contributed by atoms with Crippen molar-refractivity contribution in [2.75, 3.05) is 40.5 Å². The van der Waals surface area contributed by atoms with Crippen molar-refractivity contribution in [3.8, 4) is 17.2 Å². The first-order chi connectivity index (χ1) is 10.7. The molecular weight excluding hydrogens is 348 g/mol. The van der Waals surface area contributed by atoms with Gasteiger partial charge in [-0.1, -0.05) is 0 Å². The summed E-state index contributed by atoms with van der Waals surface area (Å²) in [5.41, 5.74) is 6.95. The van der Waals surface area contributed by atoms with E-state index in [-0.39, 0.29) is 6.04 Å². The molecular formula is C16H23BrN2O3. The Morgan fingerprint density at radius 2 is 2.18 bits per heavy atom. The predicted octanol–water partition coefficient (Wildman–Crippen LogP) is 2.57. The molecule has 1 aromatic rings. The SMILES string of the molecule is COc1c(Br)cc2c(c1C1CC(CN)CN1C)OCCCO2. The largest absolute Gasteiger partial charge is 0.495 e. The Morgan fingerprint density at radius 1 is 1.41 bits per heavy atom. The van der Waals surface area contributed by atoms with E-state index < -0.39 is 0 Å². The summed E-state index contributed by atoms with van der Waals surface area (Å²) < 4.78 is 18.5. The summed E-state index contributed by atoms with van der Waals surface area (Å²) in [6.45, 7) is 3.04. The van der Waals surface area contributed by atoms with Gasteiger partial charge in [0, 0.05) is 25.1 Å². The van der Waals surface area contributed by atoms with Crippen LogP contribution in [0.5, 0.6) is 17.2 Å². The van der Waals surface area contributed by atoms with Crippen LogP contribution in [-0.2, 0) is 0 Å². The van der Waals surface area contributed by atoms with Crippen molar-refractivity contribution < 1.29 is 14.2 Å². The van der Waals surface area contributed by atoms with Crippen LogP contribution in [0.15, 0.2) is 10.5 Å². The van der Waals surface area contributed by atoms with Gasteiger partial charge in [0.25, 0.3) is 0 Å². The Bertz CT molecular complexity index is 553. The molecule has 2 heterocycles. The minimum absolute atomic E-state index is 0.233. The van der Waals surface area contributed by atoms with Crippen molar-refractivity contribution in [1.29, 1.82) is 0 Å². The molecule has 122 valence electrons. The van der Waals surface area contributed by atoms with Gasteiger partial charge in [-0.3, -0.25) is 4.90 Å². The zero-order chi connectivity index (χ0) is 15.7. The van der Waals surface area contributed by atoms with Gasteiger partial charge in [0.05, 0.1) is 30.4 Å². The minimum Gasteiger partial charge on any atom is -0.495 e. The average Bonchev–Trinajstić information content (AvgIpc) is 2.72. The van der Waals surface area contributed by atoms with E-state index >= 15 is 0 Å². The monoisotopic (exact) mass is 370 g/mol. The minimum atomic E-state index is 0.233. The Kier molecular flexibility index (Phi) is 4.80. The third-order valence-corrected chi connectivity index (χ3v) is 5.07. The second kappa shape index (κ2) is 6.64. The van der Waals surface area contributed by atoms with Crippen LogP contribution < -0.4 is 19.9 Å². The maximum absolute atomic E-state index is 6.02. The molecule has 6 heteroatoms. The Labute approximate surface area is 139 Å². The molecule has 3 rings (SSSR count). The van der Waals surface area contributed by atoms with Crippen LogP contribution in [-0.4, -0.2) is 45.4 Å². The molecule has 5 nitrogen and oxygen atoms in total. The highest BCUT2D eigenvalue weighted by molar-refractivity contribution is 9.10. The Hall–Kier alpha value is -0.980. The van der Waals surface area contributed by atoms with E-state index in [2.05, 4.69) is 27.9 Å². The van der Waals surface area contributed by atoms with Gasteiger partial charge in [0.1, 0.15) is 5.75 Å². The zero-order valence-electron chi connectivity index (χ0n) is 13.1. The molecule has 0 aliphatic carbocycles. The summed E-state index contributed by atoms with van der Waals surface area (Å²) in [6.07, 6.45) is 1.90. The summed E-state index contributed by atoms with van der Waals surface area (Å²) in [6, 6.07) is 2.18. The fourth-order valence-electron chi connectivity index (χ4n) is 3.41. The zero-order valence-corrected chi connectivity index (χ0v) is 14.7. The number of nitrogens with two attached hydrogens (primary N) is 1. The van der Waals surface area contributed by atoms with Gasteiger partial charge in [-0.25, -0.2) is 0 Å². The lowest BCUT2D eigenvalue weighted by atomic mass is 9.97.